The van der Waals surface area contributed by atoms with Crippen LogP contribution < -0.4 is 10.5 Å². The van der Waals surface area contributed by atoms with Gasteiger partial charge in [-0.2, -0.15) is 0 Å². The molecule has 0 bridgehead atoms. The minimum Gasteiger partial charge on any atom is -0.488 e. The lowest BCUT2D eigenvalue weighted by Crippen LogP contribution is -2.08. The Morgan fingerprint density at radius 1 is 1.32 bits per heavy atom. The molecule has 0 saturated heterocycles. The molecule has 0 fully saturated rings. The van der Waals surface area contributed by atoms with Gasteiger partial charge in [0.1, 0.15) is 12.4 Å². The minimum atomic E-state index is -0.0567. The number of nitrogens with zero attached hydrogens (tertiary/aromatic N) is 1. The van der Waals surface area contributed by atoms with Crippen LogP contribution in [-0.2, 0) is 6.61 Å². The predicted octanol–water partition coefficient (Wildman–Crippen LogP) is 3.75. The molecule has 1 atom stereocenters. The summed E-state index contributed by atoms with van der Waals surface area (Å²) < 4.78 is 6.85. The van der Waals surface area contributed by atoms with Crippen LogP contribution in [0.5, 0.6) is 5.75 Å². The maximum Gasteiger partial charge on any atom is 0.125 e. The number of pyridine rings is 1. The number of nitrogens with two attached hydrogens (primary N) is 1. The van der Waals surface area contributed by atoms with Crippen LogP contribution in [0.3, 0.4) is 0 Å². The first-order valence-electron chi connectivity index (χ1n) is 6.14. The molecule has 3 nitrogen and oxygen atoms in total. The number of ether oxygens (including phenoxy) is 1. The maximum absolute atomic E-state index is 5.95. The monoisotopic (exact) mass is 320 g/mol. The smallest absolute Gasteiger partial charge is 0.125 e. The SMILES string of the molecule is Cc1cncc(COc2cc(Br)ccc2[C@@H](C)N)c1. The molecule has 0 radical (unpaired) electrons. The number of aromatic nitrogens is 1. The Hall–Kier alpha value is -1.39. The molecule has 1 heterocycles. The molecule has 1 aromatic heterocycles. The van der Waals surface area contributed by atoms with Gasteiger partial charge >= 0.3 is 0 Å². The average molecular weight is 321 g/mol. The van der Waals surface area contributed by atoms with Crippen molar-refractivity contribution in [2.45, 2.75) is 26.5 Å². The molecule has 1 aromatic carbocycles. The van der Waals surface area contributed by atoms with Crippen LogP contribution in [0.15, 0.2) is 41.1 Å². The van der Waals surface area contributed by atoms with E-state index in [0.717, 1.165) is 26.9 Å². The molecule has 0 saturated carbocycles. The zero-order valence-electron chi connectivity index (χ0n) is 11.1. The molecule has 0 aliphatic rings. The lowest BCUT2D eigenvalue weighted by molar-refractivity contribution is 0.301. The molecule has 4 heteroatoms. The van der Waals surface area contributed by atoms with Crippen LogP contribution in [0.1, 0.15) is 29.7 Å². The molecule has 0 aliphatic heterocycles. The molecular weight excluding hydrogens is 304 g/mol. The van der Waals surface area contributed by atoms with Crippen molar-refractivity contribution in [3.8, 4) is 5.75 Å². The van der Waals surface area contributed by atoms with Gasteiger partial charge in [-0.05, 0) is 37.6 Å². The number of hydrogen-bond donors (Lipinski definition) is 1. The maximum atomic E-state index is 5.95. The summed E-state index contributed by atoms with van der Waals surface area (Å²) in [5, 5.41) is 0. The van der Waals surface area contributed by atoms with E-state index in [1.165, 1.54) is 0 Å². The van der Waals surface area contributed by atoms with Crippen molar-refractivity contribution in [1.82, 2.24) is 4.98 Å². The fourth-order valence-corrected chi connectivity index (χ4v) is 2.21. The number of hydrogen-bond acceptors (Lipinski definition) is 3. The quantitative estimate of drug-likeness (QED) is 0.933. The van der Waals surface area contributed by atoms with Crippen LogP contribution in [0.25, 0.3) is 0 Å². The van der Waals surface area contributed by atoms with Crippen LogP contribution in [-0.4, -0.2) is 4.98 Å². The Morgan fingerprint density at radius 2 is 2.11 bits per heavy atom. The third-order valence-corrected chi connectivity index (χ3v) is 3.29. The first kappa shape index (κ1) is 14.0. The van der Waals surface area contributed by atoms with Gasteiger partial charge in [0.05, 0.1) is 0 Å². The number of rotatable bonds is 4. The molecule has 0 unspecified atom stereocenters. The minimum absolute atomic E-state index is 0.0567. The fraction of sp³-hybridized carbons (Fsp3) is 0.267. The van der Waals surface area contributed by atoms with Crippen molar-refractivity contribution in [3.63, 3.8) is 0 Å². The second kappa shape index (κ2) is 6.17. The van der Waals surface area contributed by atoms with E-state index in [2.05, 4.69) is 27.0 Å². The number of aryl methyl sites for hydroxylation is 1. The standard InChI is InChI=1S/C15H17BrN2O/c1-10-5-12(8-18-7-10)9-19-15-6-13(16)3-4-14(15)11(2)17/h3-8,11H,9,17H2,1-2H3/t11-/m1/s1. The van der Waals surface area contributed by atoms with Crippen molar-refractivity contribution in [2.24, 2.45) is 5.73 Å². The van der Waals surface area contributed by atoms with Gasteiger partial charge in [0.25, 0.3) is 0 Å². The molecule has 0 aliphatic carbocycles. The molecular formula is C15H17BrN2O. The van der Waals surface area contributed by atoms with Gasteiger partial charge in [0.2, 0.25) is 0 Å². The van der Waals surface area contributed by atoms with Gasteiger partial charge in [0.15, 0.2) is 0 Å². The largest absolute Gasteiger partial charge is 0.488 e. The summed E-state index contributed by atoms with van der Waals surface area (Å²) in [6.45, 7) is 4.46. The highest BCUT2D eigenvalue weighted by atomic mass is 79.9. The summed E-state index contributed by atoms with van der Waals surface area (Å²) in [6.07, 6.45) is 3.65. The summed E-state index contributed by atoms with van der Waals surface area (Å²) in [6, 6.07) is 7.91. The van der Waals surface area contributed by atoms with E-state index in [9.17, 15) is 0 Å². The zero-order chi connectivity index (χ0) is 13.8. The van der Waals surface area contributed by atoms with E-state index < -0.39 is 0 Å². The summed E-state index contributed by atoms with van der Waals surface area (Å²) in [7, 11) is 0. The topological polar surface area (TPSA) is 48.1 Å². The van der Waals surface area contributed by atoms with Gasteiger partial charge in [-0.3, -0.25) is 4.98 Å². The second-order valence-electron chi connectivity index (χ2n) is 4.63. The highest BCUT2D eigenvalue weighted by Crippen LogP contribution is 2.28. The highest BCUT2D eigenvalue weighted by molar-refractivity contribution is 9.10. The number of benzene rings is 1. The average Bonchev–Trinajstić information content (AvgIpc) is 2.36. The van der Waals surface area contributed by atoms with Gasteiger partial charge in [0, 0.05) is 34.0 Å². The summed E-state index contributed by atoms with van der Waals surface area (Å²) in [5.41, 5.74) is 9.13. The Labute approximate surface area is 121 Å². The molecule has 19 heavy (non-hydrogen) atoms. The van der Waals surface area contributed by atoms with Crippen LogP contribution >= 0.6 is 15.9 Å². The zero-order valence-corrected chi connectivity index (χ0v) is 12.6. The first-order chi connectivity index (χ1) is 9.06. The van der Waals surface area contributed by atoms with Crippen LogP contribution in [0.4, 0.5) is 0 Å². The predicted molar refractivity (Wildman–Crippen MR) is 80.1 cm³/mol. The van der Waals surface area contributed by atoms with Gasteiger partial charge < -0.3 is 10.5 Å². The summed E-state index contributed by atoms with van der Waals surface area (Å²) >= 11 is 3.45. The lowest BCUT2D eigenvalue weighted by atomic mass is 10.1. The van der Waals surface area contributed by atoms with Gasteiger partial charge in [-0.1, -0.05) is 22.0 Å². The van der Waals surface area contributed by atoms with E-state index in [-0.39, 0.29) is 6.04 Å². The van der Waals surface area contributed by atoms with Gasteiger partial charge in [-0.15, -0.1) is 0 Å². The molecule has 2 N–H and O–H groups in total. The van der Waals surface area contributed by atoms with Gasteiger partial charge in [-0.25, -0.2) is 0 Å². The molecule has 0 spiro atoms. The summed E-state index contributed by atoms with van der Waals surface area (Å²) in [4.78, 5) is 4.16. The molecule has 2 aromatic rings. The fourth-order valence-electron chi connectivity index (χ4n) is 1.87. The number of halogens is 1. The molecule has 0 amide bonds. The second-order valence-corrected chi connectivity index (χ2v) is 5.55. The van der Waals surface area contributed by atoms with E-state index in [4.69, 9.17) is 10.5 Å². The van der Waals surface area contributed by atoms with Crippen molar-refractivity contribution < 1.29 is 4.74 Å². The van der Waals surface area contributed by atoms with Crippen LogP contribution in [0.2, 0.25) is 0 Å². The lowest BCUT2D eigenvalue weighted by Gasteiger charge is -2.14. The van der Waals surface area contributed by atoms with Crippen molar-refractivity contribution >= 4 is 15.9 Å². The summed E-state index contributed by atoms with van der Waals surface area (Å²) in [5.74, 6) is 0.811. The first-order valence-corrected chi connectivity index (χ1v) is 6.94. The highest BCUT2D eigenvalue weighted by Gasteiger charge is 2.09. The Morgan fingerprint density at radius 3 is 2.79 bits per heavy atom. The Balaban J connectivity index is 2.17. The Bertz CT molecular complexity index is 570. The van der Waals surface area contributed by atoms with Crippen LogP contribution in [0, 0.1) is 6.92 Å². The third-order valence-electron chi connectivity index (χ3n) is 2.79. The molecule has 2 rings (SSSR count). The van der Waals surface area contributed by atoms with E-state index in [1.54, 1.807) is 0 Å². The third kappa shape index (κ3) is 3.78. The van der Waals surface area contributed by atoms with E-state index in [1.807, 2.05) is 44.4 Å². The van der Waals surface area contributed by atoms with E-state index >= 15 is 0 Å². The molecule has 100 valence electrons. The normalized spacial score (nSPS) is 12.2. The van der Waals surface area contributed by atoms with Crippen molar-refractivity contribution in [2.75, 3.05) is 0 Å². The van der Waals surface area contributed by atoms with E-state index in [0.29, 0.717) is 6.61 Å². The van der Waals surface area contributed by atoms with Crippen molar-refractivity contribution in [1.29, 1.82) is 0 Å². The van der Waals surface area contributed by atoms with Crippen molar-refractivity contribution in [3.05, 3.63) is 57.8 Å². The Kier molecular flexibility index (Phi) is 4.56.